The number of amides is 1. The van der Waals surface area contributed by atoms with E-state index in [1.807, 2.05) is 11.0 Å². The summed E-state index contributed by atoms with van der Waals surface area (Å²) in [4.78, 5) is 20.1. The molecule has 5 rings (SSSR count). The van der Waals surface area contributed by atoms with Crippen LogP contribution in [0.3, 0.4) is 0 Å². The summed E-state index contributed by atoms with van der Waals surface area (Å²) in [5, 5.41) is 0. The quantitative estimate of drug-likeness (QED) is 0.477. The van der Waals surface area contributed by atoms with Crippen molar-refractivity contribution in [1.29, 1.82) is 0 Å². The molecule has 194 valence electrons. The molecular formula is C31H43N3O2. The van der Waals surface area contributed by atoms with Gasteiger partial charge in [0, 0.05) is 44.0 Å². The Morgan fingerprint density at radius 2 is 1.42 bits per heavy atom. The number of likely N-dealkylation sites (tertiary alicyclic amines) is 1. The van der Waals surface area contributed by atoms with E-state index in [2.05, 4.69) is 46.2 Å². The largest absolute Gasteiger partial charge is 0.494 e. The molecule has 0 unspecified atom stereocenters. The molecule has 0 saturated carbocycles. The topological polar surface area (TPSA) is 36.0 Å². The first-order valence-electron chi connectivity index (χ1n) is 14.4. The maximum atomic E-state index is 13.1. The van der Waals surface area contributed by atoms with E-state index in [0.29, 0.717) is 0 Å². The number of rotatable bonds is 7. The Hall–Kier alpha value is -2.53. The zero-order valence-electron chi connectivity index (χ0n) is 21.9. The van der Waals surface area contributed by atoms with E-state index < -0.39 is 0 Å². The smallest absolute Gasteiger partial charge is 0.253 e. The van der Waals surface area contributed by atoms with Crippen LogP contribution in [-0.2, 0) is 12.8 Å². The second kappa shape index (κ2) is 12.6. The number of nitrogens with zero attached hydrogens (tertiary/aromatic N) is 3. The van der Waals surface area contributed by atoms with Gasteiger partial charge in [-0.3, -0.25) is 4.79 Å². The molecule has 5 nitrogen and oxygen atoms in total. The average molecular weight is 490 g/mol. The van der Waals surface area contributed by atoms with Gasteiger partial charge in [-0.1, -0.05) is 25.3 Å². The highest BCUT2D eigenvalue weighted by molar-refractivity contribution is 5.94. The standard InChI is InChI=1S/C31H43N3O2/c35-31(28-12-11-26-9-4-5-10-27(26)25-28)34-22-20-33(21-23-34)29-13-15-30(16-14-29)36-24-8-19-32-17-6-2-1-3-7-18-32/h11-16,25H,1-10,17-24H2. The van der Waals surface area contributed by atoms with Crippen LogP contribution in [-0.4, -0.2) is 68.1 Å². The second-order valence-electron chi connectivity index (χ2n) is 10.8. The highest BCUT2D eigenvalue weighted by Crippen LogP contribution is 2.24. The van der Waals surface area contributed by atoms with Crippen molar-refractivity contribution in [2.75, 3.05) is 57.3 Å². The molecule has 0 bridgehead atoms. The Bertz CT molecular complexity index is 974. The van der Waals surface area contributed by atoms with Crippen LogP contribution in [0.1, 0.15) is 72.9 Å². The Morgan fingerprint density at radius 1 is 0.722 bits per heavy atom. The summed E-state index contributed by atoms with van der Waals surface area (Å²) in [5.74, 6) is 1.13. The zero-order valence-corrected chi connectivity index (χ0v) is 21.9. The Kier molecular flexibility index (Phi) is 8.81. The fraction of sp³-hybridized carbons (Fsp3) is 0.581. The fourth-order valence-corrected chi connectivity index (χ4v) is 5.98. The third-order valence-electron chi connectivity index (χ3n) is 8.20. The van der Waals surface area contributed by atoms with Crippen LogP contribution in [0.25, 0.3) is 0 Å². The molecule has 2 aromatic rings. The van der Waals surface area contributed by atoms with Crippen LogP contribution in [0.15, 0.2) is 42.5 Å². The SMILES string of the molecule is O=C(c1ccc2c(c1)CCCC2)N1CCN(c2ccc(OCCCN3CCCCCCC3)cc2)CC1. The van der Waals surface area contributed by atoms with Crippen LogP contribution in [0.4, 0.5) is 5.69 Å². The van der Waals surface area contributed by atoms with Crippen molar-refractivity contribution in [2.45, 2.75) is 64.2 Å². The molecule has 2 heterocycles. The lowest BCUT2D eigenvalue weighted by Gasteiger charge is -2.36. The Labute approximate surface area is 217 Å². The lowest BCUT2D eigenvalue weighted by molar-refractivity contribution is 0.0746. The molecule has 2 fully saturated rings. The molecule has 1 aliphatic carbocycles. The van der Waals surface area contributed by atoms with Gasteiger partial charge in [0.2, 0.25) is 0 Å². The number of carbonyl (C=O) groups is 1. The van der Waals surface area contributed by atoms with Crippen molar-refractivity contribution in [3.8, 4) is 5.75 Å². The van der Waals surface area contributed by atoms with E-state index in [9.17, 15) is 4.79 Å². The zero-order chi connectivity index (χ0) is 24.6. The molecule has 0 atom stereocenters. The Balaban J connectivity index is 1.05. The lowest BCUT2D eigenvalue weighted by Crippen LogP contribution is -2.48. The van der Waals surface area contributed by atoms with Gasteiger partial charge in [-0.05, 0) is 106 Å². The number of carbonyl (C=O) groups excluding carboxylic acids is 1. The van der Waals surface area contributed by atoms with Crippen molar-refractivity contribution in [1.82, 2.24) is 9.80 Å². The van der Waals surface area contributed by atoms with E-state index in [4.69, 9.17) is 4.74 Å². The maximum absolute atomic E-state index is 13.1. The number of hydrogen-bond donors (Lipinski definition) is 0. The van der Waals surface area contributed by atoms with Crippen LogP contribution in [0, 0.1) is 0 Å². The lowest BCUT2D eigenvalue weighted by atomic mass is 9.90. The molecular weight excluding hydrogens is 446 g/mol. The van der Waals surface area contributed by atoms with Crippen molar-refractivity contribution in [3.05, 3.63) is 59.2 Å². The summed E-state index contributed by atoms with van der Waals surface area (Å²) < 4.78 is 6.03. The second-order valence-corrected chi connectivity index (χ2v) is 10.8. The molecule has 0 spiro atoms. The summed E-state index contributed by atoms with van der Waals surface area (Å²) in [6, 6.07) is 14.9. The summed E-state index contributed by atoms with van der Waals surface area (Å²) in [5.41, 5.74) is 4.88. The molecule has 2 saturated heterocycles. The highest BCUT2D eigenvalue weighted by atomic mass is 16.5. The highest BCUT2D eigenvalue weighted by Gasteiger charge is 2.23. The van der Waals surface area contributed by atoms with E-state index in [1.54, 1.807) is 0 Å². The van der Waals surface area contributed by atoms with Gasteiger partial charge < -0.3 is 19.4 Å². The van der Waals surface area contributed by atoms with E-state index in [0.717, 1.165) is 69.9 Å². The molecule has 2 aliphatic heterocycles. The van der Waals surface area contributed by atoms with E-state index in [1.165, 1.54) is 74.8 Å². The van der Waals surface area contributed by atoms with Gasteiger partial charge in [0.05, 0.1) is 6.61 Å². The molecule has 36 heavy (non-hydrogen) atoms. The minimum absolute atomic E-state index is 0.183. The van der Waals surface area contributed by atoms with Crippen molar-refractivity contribution in [2.24, 2.45) is 0 Å². The number of hydrogen-bond acceptors (Lipinski definition) is 4. The van der Waals surface area contributed by atoms with Gasteiger partial charge in [-0.25, -0.2) is 0 Å². The number of anilines is 1. The summed E-state index contributed by atoms with van der Waals surface area (Å²) in [6.07, 6.45) is 12.8. The molecule has 0 radical (unpaired) electrons. The first-order valence-corrected chi connectivity index (χ1v) is 14.4. The van der Waals surface area contributed by atoms with Gasteiger partial charge in [0.25, 0.3) is 5.91 Å². The van der Waals surface area contributed by atoms with Crippen LogP contribution in [0.2, 0.25) is 0 Å². The number of benzene rings is 2. The molecule has 5 heteroatoms. The van der Waals surface area contributed by atoms with Crippen molar-refractivity contribution >= 4 is 11.6 Å². The van der Waals surface area contributed by atoms with E-state index >= 15 is 0 Å². The molecule has 3 aliphatic rings. The minimum atomic E-state index is 0.183. The van der Waals surface area contributed by atoms with Crippen LogP contribution in [0.5, 0.6) is 5.75 Å². The van der Waals surface area contributed by atoms with Crippen LogP contribution < -0.4 is 9.64 Å². The molecule has 0 aromatic heterocycles. The molecule has 1 amide bonds. The van der Waals surface area contributed by atoms with Crippen molar-refractivity contribution in [3.63, 3.8) is 0 Å². The Morgan fingerprint density at radius 3 is 2.17 bits per heavy atom. The van der Waals surface area contributed by atoms with Gasteiger partial charge in [-0.15, -0.1) is 0 Å². The van der Waals surface area contributed by atoms with E-state index in [-0.39, 0.29) is 5.91 Å². The van der Waals surface area contributed by atoms with Gasteiger partial charge in [0.15, 0.2) is 0 Å². The summed E-state index contributed by atoms with van der Waals surface area (Å²) in [7, 11) is 0. The normalized spacial score (nSPS) is 19.3. The van der Waals surface area contributed by atoms with Gasteiger partial charge >= 0.3 is 0 Å². The fourth-order valence-electron chi connectivity index (χ4n) is 5.98. The van der Waals surface area contributed by atoms with Crippen LogP contribution >= 0.6 is 0 Å². The average Bonchev–Trinajstić information content (AvgIpc) is 2.92. The number of piperazine rings is 1. The number of fused-ring (bicyclic) bond motifs is 1. The van der Waals surface area contributed by atoms with Gasteiger partial charge in [0.1, 0.15) is 5.75 Å². The maximum Gasteiger partial charge on any atom is 0.253 e. The molecule has 0 N–H and O–H groups in total. The minimum Gasteiger partial charge on any atom is -0.494 e. The number of ether oxygens (including phenoxy) is 1. The van der Waals surface area contributed by atoms with Gasteiger partial charge in [-0.2, -0.15) is 0 Å². The third kappa shape index (κ3) is 6.61. The summed E-state index contributed by atoms with van der Waals surface area (Å²) >= 11 is 0. The van der Waals surface area contributed by atoms with Crippen molar-refractivity contribution < 1.29 is 9.53 Å². The molecule has 2 aromatic carbocycles. The third-order valence-corrected chi connectivity index (χ3v) is 8.20. The first-order chi connectivity index (χ1) is 17.8. The predicted octanol–water partition coefficient (Wildman–Crippen LogP) is 5.56. The first kappa shape index (κ1) is 25.1. The monoisotopic (exact) mass is 489 g/mol. The number of aryl methyl sites for hydroxylation is 2. The summed E-state index contributed by atoms with van der Waals surface area (Å²) in [6.45, 7) is 7.70. The predicted molar refractivity (Wildman–Crippen MR) is 147 cm³/mol.